The van der Waals surface area contributed by atoms with Crippen LogP contribution in [0.4, 0.5) is 0 Å². The number of carbonyl (C=O) groups excluding carboxylic acids is 1. The van der Waals surface area contributed by atoms with Crippen molar-refractivity contribution in [2.75, 3.05) is 6.54 Å². The number of nitrogens with one attached hydrogen (secondary N) is 2. The van der Waals surface area contributed by atoms with Gasteiger partial charge in [-0.25, -0.2) is 9.97 Å². The monoisotopic (exact) mass is 369 g/mol. The molecule has 6 heteroatoms. The van der Waals surface area contributed by atoms with Gasteiger partial charge in [0.05, 0.1) is 11.4 Å². The molecule has 0 spiro atoms. The van der Waals surface area contributed by atoms with Crippen molar-refractivity contribution in [2.24, 2.45) is 0 Å². The molecule has 1 amide bonds. The second-order valence-corrected chi connectivity index (χ2v) is 6.25. The second-order valence-electron chi connectivity index (χ2n) is 6.25. The number of carbonyl (C=O) groups is 1. The summed E-state index contributed by atoms with van der Waals surface area (Å²) in [6.07, 6.45) is 3.97. The molecule has 6 nitrogen and oxygen atoms in total. The van der Waals surface area contributed by atoms with Crippen LogP contribution in [0, 0.1) is 0 Å². The number of benzene rings is 2. The highest BCUT2D eigenvalue weighted by Crippen LogP contribution is 2.26. The third-order valence-corrected chi connectivity index (χ3v) is 4.36. The lowest BCUT2D eigenvalue weighted by molar-refractivity contribution is 0.0954. The van der Waals surface area contributed by atoms with Crippen molar-refractivity contribution in [1.82, 2.24) is 25.5 Å². The molecule has 4 rings (SSSR count). The zero-order chi connectivity index (χ0) is 19.2. The first kappa shape index (κ1) is 17.6. The third kappa shape index (κ3) is 3.96. The highest BCUT2D eigenvalue weighted by Gasteiger charge is 2.14. The van der Waals surface area contributed by atoms with Gasteiger partial charge >= 0.3 is 0 Å². The Hall–Kier alpha value is -3.80. The van der Waals surface area contributed by atoms with E-state index in [4.69, 9.17) is 0 Å². The van der Waals surface area contributed by atoms with E-state index in [1.807, 2.05) is 60.7 Å². The summed E-state index contributed by atoms with van der Waals surface area (Å²) in [5.41, 5.74) is 4.07. The van der Waals surface area contributed by atoms with Gasteiger partial charge in [-0.15, -0.1) is 0 Å². The molecule has 0 saturated carbocycles. The van der Waals surface area contributed by atoms with E-state index in [1.165, 1.54) is 0 Å². The smallest absolute Gasteiger partial charge is 0.251 e. The standard InChI is InChI=1S/C22H19N5O/c28-22(25-14-11-21-23-12-6-13-24-21)18-10-5-4-9-17(18)20-15-19(26-27-20)16-7-2-1-3-8-16/h1-10,12-13,15H,11,14H2,(H,25,28)(H,26,27). The minimum absolute atomic E-state index is 0.137. The number of H-pyrrole nitrogens is 1. The van der Waals surface area contributed by atoms with Crippen LogP contribution in [-0.4, -0.2) is 32.6 Å². The summed E-state index contributed by atoms with van der Waals surface area (Å²) in [7, 11) is 0. The average molecular weight is 369 g/mol. The van der Waals surface area contributed by atoms with Gasteiger partial charge in [-0.05, 0) is 18.2 Å². The van der Waals surface area contributed by atoms with Gasteiger partial charge in [0.1, 0.15) is 5.82 Å². The molecule has 28 heavy (non-hydrogen) atoms. The molecule has 0 atom stereocenters. The Morgan fingerprint density at radius 2 is 1.68 bits per heavy atom. The summed E-state index contributed by atoms with van der Waals surface area (Å²) in [5.74, 6) is 0.569. The maximum atomic E-state index is 12.7. The minimum atomic E-state index is -0.137. The molecule has 0 bridgehead atoms. The highest BCUT2D eigenvalue weighted by atomic mass is 16.1. The predicted molar refractivity (Wildman–Crippen MR) is 108 cm³/mol. The molecule has 0 aliphatic carbocycles. The number of hydrogen-bond donors (Lipinski definition) is 2. The molecule has 2 heterocycles. The van der Waals surface area contributed by atoms with Crippen molar-refractivity contribution in [1.29, 1.82) is 0 Å². The number of rotatable bonds is 6. The van der Waals surface area contributed by atoms with Crippen molar-refractivity contribution in [3.05, 3.63) is 90.5 Å². The molecule has 0 aliphatic rings. The van der Waals surface area contributed by atoms with Gasteiger partial charge in [0, 0.05) is 42.0 Å². The molecule has 0 saturated heterocycles. The molecule has 0 fully saturated rings. The van der Waals surface area contributed by atoms with Gasteiger partial charge in [0.2, 0.25) is 0 Å². The van der Waals surface area contributed by atoms with Crippen LogP contribution < -0.4 is 5.32 Å². The Morgan fingerprint density at radius 1 is 0.929 bits per heavy atom. The fourth-order valence-electron chi connectivity index (χ4n) is 2.97. The molecule has 4 aromatic rings. The molecular formula is C22H19N5O. The maximum absolute atomic E-state index is 12.7. The summed E-state index contributed by atoms with van der Waals surface area (Å²) in [6.45, 7) is 0.468. The number of amides is 1. The van der Waals surface area contributed by atoms with Crippen molar-refractivity contribution in [2.45, 2.75) is 6.42 Å². The fraction of sp³-hybridized carbons (Fsp3) is 0.0909. The first-order valence-corrected chi connectivity index (χ1v) is 9.05. The van der Waals surface area contributed by atoms with Crippen molar-refractivity contribution < 1.29 is 4.79 Å². The van der Waals surface area contributed by atoms with Gasteiger partial charge < -0.3 is 5.32 Å². The predicted octanol–water partition coefficient (Wildman–Crippen LogP) is 3.51. The Labute approximate surface area is 162 Å². The molecule has 2 aromatic carbocycles. The molecule has 0 unspecified atom stereocenters. The zero-order valence-corrected chi connectivity index (χ0v) is 15.2. The van der Waals surface area contributed by atoms with Gasteiger partial charge in [-0.3, -0.25) is 9.89 Å². The summed E-state index contributed by atoms with van der Waals surface area (Å²) < 4.78 is 0. The first-order chi connectivity index (χ1) is 13.8. The lowest BCUT2D eigenvalue weighted by Crippen LogP contribution is -2.26. The van der Waals surface area contributed by atoms with E-state index < -0.39 is 0 Å². The van der Waals surface area contributed by atoms with Gasteiger partial charge in [-0.1, -0.05) is 48.5 Å². The normalized spacial score (nSPS) is 10.6. The Bertz CT molecular complexity index is 1060. The van der Waals surface area contributed by atoms with E-state index in [9.17, 15) is 4.79 Å². The van der Waals surface area contributed by atoms with Crippen LogP contribution >= 0.6 is 0 Å². The van der Waals surface area contributed by atoms with E-state index >= 15 is 0 Å². The lowest BCUT2D eigenvalue weighted by Gasteiger charge is -2.08. The summed E-state index contributed by atoms with van der Waals surface area (Å²) >= 11 is 0. The lowest BCUT2D eigenvalue weighted by atomic mass is 10.0. The fourth-order valence-corrected chi connectivity index (χ4v) is 2.97. The number of hydrogen-bond acceptors (Lipinski definition) is 4. The highest BCUT2D eigenvalue weighted by molar-refractivity contribution is 6.00. The Balaban J connectivity index is 1.51. The van der Waals surface area contributed by atoms with Crippen LogP contribution in [0.1, 0.15) is 16.2 Å². The number of aromatic nitrogens is 4. The molecule has 0 radical (unpaired) electrons. The quantitative estimate of drug-likeness (QED) is 0.545. The van der Waals surface area contributed by atoms with Crippen LogP contribution in [0.2, 0.25) is 0 Å². The zero-order valence-electron chi connectivity index (χ0n) is 15.2. The second kappa shape index (κ2) is 8.26. The van der Waals surface area contributed by atoms with E-state index in [0.717, 1.165) is 22.5 Å². The van der Waals surface area contributed by atoms with E-state index in [1.54, 1.807) is 18.5 Å². The van der Waals surface area contributed by atoms with Crippen LogP contribution in [0.15, 0.2) is 79.1 Å². The van der Waals surface area contributed by atoms with Crippen LogP contribution in [-0.2, 0) is 6.42 Å². The van der Waals surface area contributed by atoms with E-state index in [0.29, 0.717) is 24.4 Å². The van der Waals surface area contributed by atoms with Gasteiger partial charge in [0.25, 0.3) is 5.91 Å². The number of nitrogens with zero attached hydrogens (tertiary/aromatic N) is 3. The summed E-state index contributed by atoms with van der Waals surface area (Å²) in [4.78, 5) is 21.1. The molecule has 2 aromatic heterocycles. The van der Waals surface area contributed by atoms with Crippen molar-refractivity contribution in [3.8, 4) is 22.5 Å². The van der Waals surface area contributed by atoms with Crippen LogP contribution in [0.25, 0.3) is 22.5 Å². The number of aromatic amines is 1. The Kier molecular flexibility index (Phi) is 5.20. The third-order valence-electron chi connectivity index (χ3n) is 4.36. The molecule has 2 N–H and O–H groups in total. The molecule has 138 valence electrons. The SMILES string of the molecule is O=C(NCCc1ncccn1)c1ccccc1-c1cc(-c2ccccc2)n[nH]1. The van der Waals surface area contributed by atoms with E-state index in [2.05, 4.69) is 25.5 Å². The van der Waals surface area contributed by atoms with Gasteiger partial charge in [0.15, 0.2) is 0 Å². The molecule has 0 aliphatic heterocycles. The minimum Gasteiger partial charge on any atom is -0.352 e. The van der Waals surface area contributed by atoms with Crippen molar-refractivity contribution in [3.63, 3.8) is 0 Å². The topological polar surface area (TPSA) is 83.6 Å². The van der Waals surface area contributed by atoms with Crippen molar-refractivity contribution >= 4 is 5.91 Å². The summed E-state index contributed by atoms with van der Waals surface area (Å²) in [6, 6.07) is 21.1. The summed E-state index contributed by atoms with van der Waals surface area (Å²) in [5, 5.41) is 10.4. The average Bonchev–Trinajstić information content (AvgIpc) is 3.25. The largest absolute Gasteiger partial charge is 0.352 e. The Morgan fingerprint density at radius 3 is 2.50 bits per heavy atom. The van der Waals surface area contributed by atoms with Gasteiger partial charge in [-0.2, -0.15) is 5.10 Å². The van der Waals surface area contributed by atoms with Crippen LogP contribution in [0.5, 0.6) is 0 Å². The van der Waals surface area contributed by atoms with E-state index in [-0.39, 0.29) is 5.91 Å². The molecular weight excluding hydrogens is 350 g/mol. The van der Waals surface area contributed by atoms with Crippen LogP contribution in [0.3, 0.4) is 0 Å². The maximum Gasteiger partial charge on any atom is 0.251 e. The first-order valence-electron chi connectivity index (χ1n) is 9.05.